The van der Waals surface area contributed by atoms with Gasteiger partial charge >= 0.3 is 103 Å². The van der Waals surface area contributed by atoms with Crippen molar-refractivity contribution in [1.82, 2.24) is 0 Å². The van der Waals surface area contributed by atoms with Crippen LogP contribution in [0.25, 0.3) is 22.3 Å². The van der Waals surface area contributed by atoms with E-state index in [-0.39, 0.29) is 0 Å². The molecule has 0 fully saturated rings. The number of rotatable bonds is 2. The van der Waals surface area contributed by atoms with E-state index >= 15 is 0 Å². The fraction of sp³-hybridized carbons (Fsp3) is 0. The third-order valence-corrected chi connectivity index (χ3v) is 3.62. The van der Waals surface area contributed by atoms with Gasteiger partial charge in [-0.2, -0.15) is 0 Å². The van der Waals surface area contributed by atoms with Crippen molar-refractivity contribution >= 4 is 15.6 Å². The van der Waals surface area contributed by atoms with Crippen LogP contribution >= 0.6 is 0 Å². The fourth-order valence-corrected chi connectivity index (χ4v) is 2.75. The van der Waals surface area contributed by atoms with Gasteiger partial charge in [0.2, 0.25) is 0 Å². The van der Waals surface area contributed by atoms with Gasteiger partial charge in [0.1, 0.15) is 0 Å². The van der Waals surface area contributed by atoms with Gasteiger partial charge in [0, 0.05) is 0 Å². The average Bonchev–Trinajstić information content (AvgIpc) is 3.03. The summed E-state index contributed by atoms with van der Waals surface area (Å²) in [5, 5.41) is 0. The Balaban J connectivity index is 2.06. The van der Waals surface area contributed by atoms with Crippen LogP contribution in [0.5, 0.6) is 0 Å². The summed E-state index contributed by atoms with van der Waals surface area (Å²) in [4.78, 5) is 0. The number of benzene rings is 2. The Bertz CT molecular complexity index is 559. The fourth-order valence-electron chi connectivity index (χ4n) is 1.93. The Labute approximate surface area is 103 Å². The number of hydrogen-bond acceptors (Lipinski definition) is 0. The van der Waals surface area contributed by atoms with Crippen LogP contribution in [0, 0.1) is 4.06 Å². The third-order valence-electron chi connectivity index (χ3n) is 2.77. The van der Waals surface area contributed by atoms with Crippen molar-refractivity contribution in [1.29, 1.82) is 0 Å². The molecule has 1 heteroatoms. The normalized spacial score (nSPS) is 10.8. The quantitative estimate of drug-likeness (QED) is 0.624. The maximum absolute atomic E-state index is 3.15. The van der Waals surface area contributed by atoms with Gasteiger partial charge in [-0.1, -0.05) is 0 Å². The van der Waals surface area contributed by atoms with Crippen LogP contribution in [0.4, 0.5) is 0 Å². The predicted molar refractivity (Wildman–Crippen MR) is 68.7 cm³/mol. The van der Waals surface area contributed by atoms with Crippen LogP contribution in [-0.2, 0) is 0 Å². The molecule has 0 saturated heterocycles. The van der Waals surface area contributed by atoms with Crippen LogP contribution < -0.4 is 0 Å². The van der Waals surface area contributed by atoms with Crippen LogP contribution in [-0.4, -0.2) is 15.6 Å². The zero-order valence-corrected chi connectivity index (χ0v) is 10.4. The summed E-state index contributed by atoms with van der Waals surface area (Å²) < 4.78 is 1.30. The van der Waals surface area contributed by atoms with Gasteiger partial charge in [-0.15, -0.1) is 0 Å². The summed E-state index contributed by atoms with van der Waals surface area (Å²) in [6.45, 7) is 0. The van der Waals surface area contributed by atoms with Crippen molar-refractivity contribution < 1.29 is 0 Å². The van der Waals surface area contributed by atoms with Gasteiger partial charge in [-0.3, -0.25) is 0 Å². The van der Waals surface area contributed by atoms with E-state index in [1.54, 1.807) is 0 Å². The first-order chi connectivity index (χ1) is 7.88. The average molecular weight is 269 g/mol. The van der Waals surface area contributed by atoms with Gasteiger partial charge in [-0.05, 0) is 0 Å². The zero-order valence-electron chi connectivity index (χ0n) is 8.68. The van der Waals surface area contributed by atoms with Crippen LogP contribution in [0.3, 0.4) is 0 Å². The second-order valence-electron chi connectivity index (χ2n) is 3.81. The van der Waals surface area contributed by atoms with Crippen LogP contribution in [0.15, 0.2) is 60.7 Å². The van der Waals surface area contributed by atoms with Crippen molar-refractivity contribution in [3.63, 3.8) is 0 Å². The Hall–Kier alpha value is -1.43. The molecule has 0 heterocycles. The molecular weight excluding hydrogens is 259 g/mol. The molecular formula is C15H10Se. The topological polar surface area (TPSA) is 0 Å². The van der Waals surface area contributed by atoms with Crippen LogP contribution in [0.1, 0.15) is 0 Å². The molecule has 0 radical (unpaired) electrons. The molecule has 0 aliphatic carbocycles. The predicted octanol–water partition coefficient (Wildman–Crippen LogP) is 3.60. The molecule has 3 aromatic rings. The molecule has 0 atom stereocenters. The van der Waals surface area contributed by atoms with E-state index in [1.807, 2.05) is 12.1 Å². The second kappa shape index (κ2) is 3.86. The molecule has 0 spiro atoms. The monoisotopic (exact) mass is 270 g/mol. The van der Waals surface area contributed by atoms with E-state index < -0.39 is 0 Å². The van der Waals surface area contributed by atoms with Crippen molar-refractivity contribution in [3.8, 4) is 22.3 Å². The molecule has 0 aliphatic rings. The summed E-state index contributed by atoms with van der Waals surface area (Å²) in [6, 6.07) is 21.0. The van der Waals surface area contributed by atoms with Gasteiger partial charge in [-0.25, -0.2) is 0 Å². The van der Waals surface area contributed by atoms with E-state index in [0.717, 1.165) is 0 Å². The Kier molecular flexibility index (Phi) is 2.36. The summed E-state index contributed by atoms with van der Waals surface area (Å²) in [6.07, 6.45) is 0. The molecule has 0 nitrogen and oxygen atoms in total. The molecule has 0 N–H and O–H groups in total. The summed E-state index contributed by atoms with van der Waals surface area (Å²) in [7, 11) is 0. The van der Waals surface area contributed by atoms with Crippen molar-refractivity contribution in [2.45, 2.75) is 0 Å². The second-order valence-corrected chi connectivity index (χ2v) is 4.67. The Morgan fingerprint density at radius 3 is 1.31 bits per heavy atom. The standard InChI is InChI=1S/C15H10Se/c16-15-13(11-7-3-1-4-8-11)14(15)12-9-5-2-6-10-12/h1-10H. The van der Waals surface area contributed by atoms with Crippen molar-refractivity contribution in [2.75, 3.05) is 0 Å². The maximum atomic E-state index is 3.15. The zero-order chi connectivity index (χ0) is 11.0. The minimum absolute atomic E-state index is 1.30. The summed E-state index contributed by atoms with van der Waals surface area (Å²) in [5.41, 5.74) is 5.34. The van der Waals surface area contributed by atoms with Gasteiger partial charge in [0.05, 0.1) is 0 Å². The van der Waals surface area contributed by atoms with E-state index in [0.29, 0.717) is 0 Å². The molecule has 16 heavy (non-hydrogen) atoms. The molecule has 0 amide bonds. The first-order valence-corrected chi connectivity index (χ1v) is 6.13. The molecule has 0 aliphatic heterocycles. The van der Waals surface area contributed by atoms with E-state index in [4.69, 9.17) is 0 Å². The van der Waals surface area contributed by atoms with Crippen molar-refractivity contribution in [2.24, 2.45) is 0 Å². The molecule has 0 saturated carbocycles. The molecule has 0 bridgehead atoms. The van der Waals surface area contributed by atoms with Gasteiger partial charge in [0.25, 0.3) is 0 Å². The third kappa shape index (κ3) is 1.59. The molecule has 3 rings (SSSR count). The van der Waals surface area contributed by atoms with E-state index in [2.05, 4.69) is 64.1 Å². The summed E-state index contributed by atoms with van der Waals surface area (Å²) in [5.74, 6) is 0. The molecule has 76 valence electrons. The first-order valence-electron chi connectivity index (χ1n) is 5.28. The minimum atomic E-state index is 1.30. The Morgan fingerprint density at radius 1 is 0.562 bits per heavy atom. The molecule has 3 aromatic carbocycles. The van der Waals surface area contributed by atoms with E-state index in [1.165, 1.54) is 26.3 Å². The molecule has 0 aromatic heterocycles. The number of hydrogen-bond donors (Lipinski definition) is 0. The van der Waals surface area contributed by atoms with Gasteiger partial charge in [0.15, 0.2) is 0 Å². The SMILES string of the molecule is [Se]=c1c(-c2ccccc2)c1-c1ccccc1. The van der Waals surface area contributed by atoms with Crippen molar-refractivity contribution in [3.05, 3.63) is 64.7 Å². The Morgan fingerprint density at radius 2 is 0.938 bits per heavy atom. The van der Waals surface area contributed by atoms with Crippen LogP contribution in [0.2, 0.25) is 0 Å². The van der Waals surface area contributed by atoms with Gasteiger partial charge < -0.3 is 0 Å². The molecule has 0 unspecified atom stereocenters. The first kappa shape index (κ1) is 9.77. The van der Waals surface area contributed by atoms with E-state index in [9.17, 15) is 0 Å². The summed E-state index contributed by atoms with van der Waals surface area (Å²) >= 11 is 3.15.